The van der Waals surface area contributed by atoms with Crippen molar-refractivity contribution in [2.24, 2.45) is 10.7 Å². The summed E-state index contributed by atoms with van der Waals surface area (Å²) in [6.07, 6.45) is -4.45. The van der Waals surface area contributed by atoms with Gasteiger partial charge >= 0.3 is 13.0 Å². The molecule has 5 nitrogen and oxygen atoms in total. The summed E-state index contributed by atoms with van der Waals surface area (Å²) in [5, 5.41) is 2.70. The van der Waals surface area contributed by atoms with E-state index in [-0.39, 0.29) is 48.0 Å². The van der Waals surface area contributed by atoms with E-state index in [2.05, 4.69) is 19.8 Å². The van der Waals surface area contributed by atoms with Crippen molar-refractivity contribution in [2.45, 2.75) is 19.4 Å². The molecule has 2 aromatic rings. The lowest BCUT2D eigenvalue weighted by Gasteiger charge is -2.11. The van der Waals surface area contributed by atoms with E-state index < -0.39 is 13.0 Å². The third-order valence-corrected chi connectivity index (χ3v) is 3.21. The third kappa shape index (κ3) is 8.59. The number of guanidine groups is 1. The quantitative estimate of drug-likeness (QED) is 0.240. The maximum absolute atomic E-state index is 12.4. The Bertz CT molecular complexity index is 770. The molecule has 0 aromatic heterocycles. The molecule has 0 aliphatic rings. The molecule has 3 N–H and O–H groups in total. The average Bonchev–Trinajstić information content (AvgIpc) is 2.56. The average molecular weight is 517 g/mol. The van der Waals surface area contributed by atoms with Crippen LogP contribution in [0.2, 0.25) is 0 Å². The molecular formula is C17H17F5IN3O2. The fraction of sp³-hybridized carbons (Fsp3) is 0.235. The van der Waals surface area contributed by atoms with Crippen molar-refractivity contribution < 1.29 is 31.4 Å². The Morgan fingerprint density at radius 2 is 1.71 bits per heavy atom. The number of ether oxygens (including phenoxy) is 2. The van der Waals surface area contributed by atoms with Crippen LogP contribution in [0.4, 0.5) is 27.6 Å². The van der Waals surface area contributed by atoms with Crippen LogP contribution in [0.5, 0.6) is 11.5 Å². The van der Waals surface area contributed by atoms with Crippen LogP contribution in [0.3, 0.4) is 0 Å². The van der Waals surface area contributed by atoms with Gasteiger partial charge in [0.05, 0.1) is 0 Å². The zero-order chi connectivity index (χ0) is 19.9. The molecule has 0 spiro atoms. The Morgan fingerprint density at radius 3 is 2.32 bits per heavy atom. The Kier molecular flexibility index (Phi) is 9.22. The first-order valence-electron chi connectivity index (χ1n) is 7.68. The van der Waals surface area contributed by atoms with E-state index in [9.17, 15) is 22.0 Å². The molecule has 11 heteroatoms. The molecule has 0 unspecified atom stereocenters. The summed E-state index contributed by atoms with van der Waals surface area (Å²) < 4.78 is 69.2. The van der Waals surface area contributed by atoms with Gasteiger partial charge in [-0.05, 0) is 42.3 Å². The standard InChI is InChI=1S/C17H16F5N3O2.HI/c18-15(19)26-14-4-2-1-3-11(14)9-10-24-16(23)25-12-5-7-13(8-6-12)27-17(20,21)22;/h1-8,15H,9-10H2,(H3,23,24,25);1H. The number of nitrogens with zero attached hydrogens (tertiary/aromatic N) is 1. The lowest BCUT2D eigenvalue weighted by Crippen LogP contribution is -2.23. The summed E-state index contributed by atoms with van der Waals surface area (Å²) in [6.45, 7) is -2.73. The molecule has 2 aromatic carbocycles. The van der Waals surface area contributed by atoms with Crippen LogP contribution in [-0.2, 0) is 6.42 Å². The molecule has 0 amide bonds. The molecule has 0 aliphatic heterocycles. The van der Waals surface area contributed by atoms with E-state index in [0.717, 1.165) is 12.1 Å². The van der Waals surface area contributed by atoms with Gasteiger partial charge < -0.3 is 20.5 Å². The van der Waals surface area contributed by atoms with E-state index in [1.807, 2.05) is 0 Å². The fourth-order valence-corrected chi connectivity index (χ4v) is 2.15. The van der Waals surface area contributed by atoms with E-state index in [1.54, 1.807) is 18.2 Å². The predicted molar refractivity (Wildman–Crippen MR) is 105 cm³/mol. The maximum atomic E-state index is 12.4. The molecule has 0 bridgehead atoms. The Labute approximate surface area is 174 Å². The smallest absolute Gasteiger partial charge is 0.435 e. The van der Waals surface area contributed by atoms with Crippen molar-refractivity contribution in [2.75, 3.05) is 11.9 Å². The number of hydrogen-bond acceptors (Lipinski definition) is 3. The molecule has 0 aliphatic carbocycles. The second-order valence-electron chi connectivity index (χ2n) is 5.20. The van der Waals surface area contributed by atoms with Gasteiger partial charge in [-0.25, -0.2) is 0 Å². The minimum Gasteiger partial charge on any atom is -0.435 e. The molecule has 28 heavy (non-hydrogen) atoms. The summed E-state index contributed by atoms with van der Waals surface area (Å²) >= 11 is 0. The number of alkyl halides is 5. The van der Waals surface area contributed by atoms with Crippen molar-refractivity contribution in [3.63, 3.8) is 0 Å². The number of nitrogens with two attached hydrogens (primary N) is 1. The van der Waals surface area contributed by atoms with Gasteiger partial charge in [-0.1, -0.05) is 18.2 Å². The topological polar surface area (TPSA) is 68.9 Å². The number of hydrogen-bond donors (Lipinski definition) is 2. The highest BCUT2D eigenvalue weighted by molar-refractivity contribution is 14.0. The normalized spacial score (nSPS) is 11.7. The zero-order valence-corrected chi connectivity index (χ0v) is 16.6. The second kappa shape index (κ2) is 10.9. The summed E-state index contributed by atoms with van der Waals surface area (Å²) in [6, 6.07) is 11.3. The van der Waals surface area contributed by atoms with Gasteiger partial charge in [0.1, 0.15) is 11.5 Å². The zero-order valence-electron chi connectivity index (χ0n) is 14.2. The maximum Gasteiger partial charge on any atom is 0.573 e. The van der Waals surface area contributed by atoms with Crippen molar-refractivity contribution in [3.8, 4) is 11.5 Å². The van der Waals surface area contributed by atoms with Crippen LogP contribution < -0.4 is 20.5 Å². The Balaban J connectivity index is 0.00000392. The molecule has 154 valence electrons. The molecular weight excluding hydrogens is 500 g/mol. The number of aliphatic imine (C=N–C) groups is 1. The predicted octanol–water partition coefficient (Wildman–Crippen LogP) is 4.77. The number of anilines is 1. The number of benzene rings is 2. The van der Waals surface area contributed by atoms with Crippen LogP contribution in [0, 0.1) is 0 Å². The minimum atomic E-state index is -4.76. The van der Waals surface area contributed by atoms with Gasteiger partial charge in [0.2, 0.25) is 0 Å². The fourth-order valence-electron chi connectivity index (χ4n) is 2.15. The minimum absolute atomic E-state index is 0. The SMILES string of the molecule is I.NC(=NCCc1ccccc1OC(F)F)Nc1ccc(OC(F)(F)F)cc1. The molecule has 0 heterocycles. The second-order valence-corrected chi connectivity index (χ2v) is 5.20. The van der Waals surface area contributed by atoms with E-state index in [4.69, 9.17) is 5.73 Å². The summed E-state index contributed by atoms with van der Waals surface area (Å²) in [7, 11) is 0. The summed E-state index contributed by atoms with van der Waals surface area (Å²) in [5.41, 5.74) is 6.66. The lowest BCUT2D eigenvalue weighted by atomic mass is 10.1. The summed E-state index contributed by atoms with van der Waals surface area (Å²) in [4.78, 5) is 4.05. The van der Waals surface area contributed by atoms with Gasteiger partial charge in [0.15, 0.2) is 5.96 Å². The van der Waals surface area contributed by atoms with Crippen molar-refractivity contribution in [3.05, 3.63) is 54.1 Å². The summed E-state index contributed by atoms with van der Waals surface area (Å²) in [5.74, 6) is -0.277. The number of nitrogens with one attached hydrogen (secondary N) is 1. The van der Waals surface area contributed by atoms with Crippen molar-refractivity contribution in [1.82, 2.24) is 0 Å². The first-order chi connectivity index (χ1) is 12.7. The highest BCUT2D eigenvalue weighted by Gasteiger charge is 2.30. The van der Waals surface area contributed by atoms with E-state index in [1.165, 1.54) is 18.2 Å². The molecule has 0 saturated heterocycles. The third-order valence-electron chi connectivity index (χ3n) is 3.21. The highest BCUT2D eigenvalue weighted by atomic mass is 127. The molecule has 2 rings (SSSR count). The van der Waals surface area contributed by atoms with Crippen molar-refractivity contribution in [1.29, 1.82) is 0 Å². The van der Waals surface area contributed by atoms with Crippen LogP contribution in [0.15, 0.2) is 53.5 Å². The highest BCUT2D eigenvalue weighted by Crippen LogP contribution is 2.24. The van der Waals surface area contributed by atoms with Gasteiger partial charge in [-0.15, -0.1) is 37.1 Å². The molecule has 0 atom stereocenters. The first-order valence-corrected chi connectivity index (χ1v) is 7.68. The van der Waals surface area contributed by atoms with Crippen LogP contribution in [-0.4, -0.2) is 25.5 Å². The first kappa shape index (κ1) is 23.7. The Morgan fingerprint density at radius 1 is 1.07 bits per heavy atom. The van der Waals surface area contributed by atoms with Crippen LogP contribution >= 0.6 is 24.0 Å². The van der Waals surface area contributed by atoms with Crippen LogP contribution in [0.25, 0.3) is 0 Å². The van der Waals surface area contributed by atoms with Gasteiger partial charge in [-0.3, -0.25) is 4.99 Å². The largest absolute Gasteiger partial charge is 0.573 e. The lowest BCUT2D eigenvalue weighted by molar-refractivity contribution is -0.274. The van der Waals surface area contributed by atoms with Crippen molar-refractivity contribution >= 4 is 35.6 Å². The molecule has 0 saturated carbocycles. The van der Waals surface area contributed by atoms with Gasteiger partial charge in [-0.2, -0.15) is 8.78 Å². The molecule has 0 radical (unpaired) electrons. The number of rotatable bonds is 7. The van der Waals surface area contributed by atoms with Crippen LogP contribution in [0.1, 0.15) is 5.56 Å². The Hall–Kier alpha value is -2.31. The monoisotopic (exact) mass is 517 g/mol. The van der Waals surface area contributed by atoms with E-state index in [0.29, 0.717) is 17.7 Å². The van der Waals surface area contributed by atoms with Gasteiger partial charge in [0.25, 0.3) is 0 Å². The van der Waals surface area contributed by atoms with Gasteiger partial charge in [0, 0.05) is 12.2 Å². The van der Waals surface area contributed by atoms with E-state index >= 15 is 0 Å². The number of halogens is 6. The number of para-hydroxylation sites is 1. The molecule has 0 fully saturated rings.